The van der Waals surface area contributed by atoms with E-state index < -0.39 is 0 Å². The standard InChI is InChI=1S/C30H22N4O2/c1-13(2)19-23-26(34-28-21(31-23)15-9-5-7-11-17(15)30(28)36)20(14(3)4)24-25(19)33-27-22(32-24)16-10-6-8-12-18(16)29(27)35/h5-14H,1-4H3. The summed E-state index contributed by atoms with van der Waals surface area (Å²) in [4.78, 5) is 46.6. The lowest BCUT2D eigenvalue weighted by molar-refractivity contribution is 0.863. The van der Waals surface area contributed by atoms with Gasteiger partial charge in [-0.15, -0.1) is 0 Å². The van der Waals surface area contributed by atoms with Crippen molar-refractivity contribution in [2.75, 3.05) is 0 Å². The average molecular weight is 471 g/mol. The lowest BCUT2D eigenvalue weighted by atomic mass is 9.91. The molecule has 174 valence electrons. The van der Waals surface area contributed by atoms with Gasteiger partial charge in [-0.2, -0.15) is 0 Å². The number of hydrogen-bond donors (Lipinski definition) is 0. The van der Waals surface area contributed by atoms with Crippen LogP contribution in [-0.4, -0.2) is 19.9 Å². The van der Waals surface area contributed by atoms with E-state index in [1.807, 2.05) is 48.5 Å². The highest BCUT2D eigenvalue weighted by Gasteiger charge is 2.26. The summed E-state index contributed by atoms with van der Waals surface area (Å²) in [5.74, 6) is 0.0873. The molecule has 0 aliphatic carbocycles. The third-order valence-corrected chi connectivity index (χ3v) is 7.25. The van der Waals surface area contributed by atoms with Crippen LogP contribution in [0.3, 0.4) is 0 Å². The van der Waals surface area contributed by atoms with E-state index in [-0.39, 0.29) is 22.7 Å². The van der Waals surface area contributed by atoms with Crippen LogP contribution in [0.5, 0.6) is 0 Å². The van der Waals surface area contributed by atoms with Crippen molar-refractivity contribution in [2.45, 2.75) is 39.5 Å². The van der Waals surface area contributed by atoms with E-state index in [9.17, 15) is 9.59 Å². The highest BCUT2D eigenvalue weighted by atomic mass is 16.1. The van der Waals surface area contributed by atoms with Gasteiger partial charge in [0.2, 0.25) is 10.9 Å². The molecule has 0 fully saturated rings. The molecule has 0 unspecified atom stereocenters. The third-order valence-electron chi connectivity index (χ3n) is 7.25. The molecule has 36 heavy (non-hydrogen) atoms. The fourth-order valence-corrected chi connectivity index (χ4v) is 5.66. The summed E-state index contributed by atoms with van der Waals surface area (Å²) in [6.45, 7) is 8.34. The highest BCUT2D eigenvalue weighted by molar-refractivity contribution is 6.14. The van der Waals surface area contributed by atoms with E-state index >= 15 is 0 Å². The Hall–Kier alpha value is -4.32. The first-order valence-electron chi connectivity index (χ1n) is 12.2. The summed E-state index contributed by atoms with van der Waals surface area (Å²) in [5, 5.41) is 2.86. The van der Waals surface area contributed by atoms with Crippen LogP contribution in [0.15, 0.2) is 58.1 Å². The third kappa shape index (κ3) is 2.56. The second kappa shape index (κ2) is 7.10. The zero-order valence-electron chi connectivity index (χ0n) is 20.4. The predicted octanol–water partition coefficient (Wildman–Crippen LogP) is 6.03. The van der Waals surface area contributed by atoms with Gasteiger partial charge in [-0.05, 0) is 11.8 Å². The van der Waals surface area contributed by atoms with Gasteiger partial charge in [0.25, 0.3) is 0 Å². The molecule has 5 aromatic carbocycles. The van der Waals surface area contributed by atoms with Gasteiger partial charge in [0.15, 0.2) is 0 Å². The molecule has 7 aromatic rings. The van der Waals surface area contributed by atoms with E-state index in [0.717, 1.165) is 32.9 Å². The minimum Gasteiger partial charge on any atom is -0.287 e. The molecule has 0 aliphatic rings. The molecule has 2 aromatic heterocycles. The maximum Gasteiger partial charge on any atom is 0.214 e. The van der Waals surface area contributed by atoms with Crippen molar-refractivity contribution in [1.82, 2.24) is 19.9 Å². The molecule has 6 heteroatoms. The molecule has 0 amide bonds. The maximum atomic E-state index is 13.3. The van der Waals surface area contributed by atoms with Gasteiger partial charge in [0.1, 0.15) is 22.1 Å². The largest absolute Gasteiger partial charge is 0.287 e. The summed E-state index contributed by atoms with van der Waals surface area (Å²) < 4.78 is 0. The lowest BCUT2D eigenvalue weighted by Crippen LogP contribution is -2.07. The molecule has 7 rings (SSSR count). The first-order valence-corrected chi connectivity index (χ1v) is 12.2. The van der Waals surface area contributed by atoms with Crippen molar-refractivity contribution in [3.63, 3.8) is 0 Å². The Bertz CT molecular complexity index is 2000. The van der Waals surface area contributed by atoms with Gasteiger partial charge in [-0.1, -0.05) is 76.2 Å². The van der Waals surface area contributed by atoms with Crippen LogP contribution in [0.4, 0.5) is 0 Å². The summed E-state index contributed by atoms with van der Waals surface area (Å²) in [5.41, 5.74) is 6.40. The van der Waals surface area contributed by atoms with Crippen LogP contribution in [0.25, 0.3) is 65.7 Å². The van der Waals surface area contributed by atoms with Crippen LogP contribution in [0.2, 0.25) is 0 Å². The van der Waals surface area contributed by atoms with Crippen LogP contribution in [0.1, 0.15) is 50.7 Å². The molecule has 0 bridgehead atoms. The minimum atomic E-state index is -0.101. The van der Waals surface area contributed by atoms with Gasteiger partial charge in [0, 0.05) is 32.7 Å². The monoisotopic (exact) mass is 470 g/mol. The normalized spacial score (nSPS) is 12.6. The Morgan fingerprint density at radius 2 is 0.750 bits per heavy atom. The van der Waals surface area contributed by atoms with E-state index in [1.54, 1.807) is 0 Å². The molecule has 0 atom stereocenters. The topological polar surface area (TPSA) is 85.7 Å². The van der Waals surface area contributed by atoms with Gasteiger partial charge >= 0.3 is 0 Å². The smallest absolute Gasteiger partial charge is 0.214 e. The van der Waals surface area contributed by atoms with Crippen molar-refractivity contribution in [2.24, 2.45) is 0 Å². The Morgan fingerprint density at radius 1 is 0.444 bits per heavy atom. The second-order valence-corrected chi connectivity index (χ2v) is 10.1. The SMILES string of the molecule is CC(C)c1c2nc3c(=O)c4ccccc4c3nc2c(C(C)C)c2nc3c(=O)c4ccccc4c3nc12. The fourth-order valence-electron chi connectivity index (χ4n) is 5.66. The highest BCUT2D eigenvalue weighted by Crippen LogP contribution is 2.39. The minimum absolute atomic E-state index is 0.0436. The number of hydrogen-bond acceptors (Lipinski definition) is 6. The molecule has 0 radical (unpaired) electrons. The van der Waals surface area contributed by atoms with Crippen molar-refractivity contribution in [1.29, 1.82) is 0 Å². The summed E-state index contributed by atoms with van der Waals surface area (Å²) in [6, 6.07) is 15.0. The number of aromatic nitrogens is 4. The van der Waals surface area contributed by atoms with E-state index in [1.165, 1.54) is 0 Å². The van der Waals surface area contributed by atoms with Crippen molar-refractivity contribution in [3.8, 4) is 0 Å². The number of fused-ring (bicyclic) bond motifs is 8. The first-order chi connectivity index (χ1) is 17.4. The van der Waals surface area contributed by atoms with Gasteiger partial charge in [-0.25, -0.2) is 19.9 Å². The van der Waals surface area contributed by atoms with E-state index in [2.05, 4.69) is 27.7 Å². The van der Waals surface area contributed by atoms with Crippen LogP contribution < -0.4 is 10.9 Å². The van der Waals surface area contributed by atoms with Crippen molar-refractivity contribution >= 4 is 65.7 Å². The molecular formula is C30H22N4O2. The van der Waals surface area contributed by atoms with Gasteiger partial charge in [0.05, 0.1) is 22.1 Å². The average Bonchev–Trinajstić information content (AvgIpc) is 3.31. The van der Waals surface area contributed by atoms with Crippen molar-refractivity contribution in [3.05, 3.63) is 80.1 Å². The molecular weight excluding hydrogens is 448 g/mol. The zero-order chi connectivity index (χ0) is 24.9. The Balaban J connectivity index is 1.79. The van der Waals surface area contributed by atoms with Gasteiger partial charge < -0.3 is 0 Å². The van der Waals surface area contributed by atoms with Crippen LogP contribution >= 0.6 is 0 Å². The molecule has 0 saturated carbocycles. The Morgan fingerprint density at radius 3 is 1.08 bits per heavy atom. The molecule has 6 nitrogen and oxygen atoms in total. The summed E-state index contributed by atoms with van der Waals surface area (Å²) in [7, 11) is 0. The van der Waals surface area contributed by atoms with Gasteiger partial charge in [-0.3, -0.25) is 9.59 Å². The van der Waals surface area contributed by atoms with E-state index in [0.29, 0.717) is 43.9 Å². The number of benzene rings is 3. The first kappa shape index (κ1) is 21.0. The summed E-state index contributed by atoms with van der Waals surface area (Å²) in [6.07, 6.45) is 0. The number of rotatable bonds is 2. The fraction of sp³-hybridized carbons (Fsp3) is 0.200. The molecule has 0 saturated heterocycles. The number of nitrogens with zero attached hydrogens (tertiary/aromatic N) is 4. The summed E-state index contributed by atoms with van der Waals surface area (Å²) >= 11 is 0. The predicted molar refractivity (Wildman–Crippen MR) is 146 cm³/mol. The van der Waals surface area contributed by atoms with Crippen LogP contribution in [-0.2, 0) is 0 Å². The second-order valence-electron chi connectivity index (χ2n) is 10.1. The van der Waals surface area contributed by atoms with E-state index in [4.69, 9.17) is 19.9 Å². The lowest BCUT2D eigenvalue weighted by Gasteiger charge is -2.18. The maximum absolute atomic E-state index is 13.3. The zero-order valence-corrected chi connectivity index (χ0v) is 20.4. The molecule has 0 spiro atoms. The molecule has 0 aliphatic heterocycles. The molecule has 2 heterocycles. The quantitative estimate of drug-likeness (QED) is 0.287. The van der Waals surface area contributed by atoms with Crippen LogP contribution in [0, 0.1) is 0 Å². The Labute approximate surface area is 205 Å². The Kier molecular flexibility index (Phi) is 4.14. The molecule has 0 N–H and O–H groups in total. The van der Waals surface area contributed by atoms with Crippen molar-refractivity contribution < 1.29 is 0 Å².